The predicted octanol–water partition coefficient (Wildman–Crippen LogP) is 2.52. The summed E-state index contributed by atoms with van der Waals surface area (Å²) in [5, 5.41) is 0.264. The van der Waals surface area contributed by atoms with Crippen LogP contribution >= 0.6 is 23.2 Å². The molecule has 0 spiro atoms. The average molecular weight is 429 g/mol. The number of ether oxygens (including phenoxy) is 1. The number of H-pyrrole nitrogens is 1. The van der Waals surface area contributed by atoms with E-state index in [1.54, 1.807) is 12.1 Å². The van der Waals surface area contributed by atoms with Crippen molar-refractivity contribution in [2.75, 3.05) is 30.9 Å². The molecule has 0 fully saturated rings. The number of aromatic nitrogens is 2. The maximum Gasteiger partial charge on any atom is 0.330 e. The van der Waals surface area contributed by atoms with Crippen molar-refractivity contribution in [3.05, 3.63) is 54.6 Å². The number of nitrogen functional groups attached to an aromatic ring is 1. The fourth-order valence-corrected chi connectivity index (χ4v) is 3.07. The maximum atomic E-state index is 13.2. The van der Waals surface area contributed by atoms with Crippen LogP contribution in [0, 0.1) is 0 Å². The summed E-state index contributed by atoms with van der Waals surface area (Å²) in [6.45, 7) is 2.44. The molecule has 0 aliphatic carbocycles. The van der Waals surface area contributed by atoms with Crippen LogP contribution in [0.3, 0.4) is 0 Å². The molecule has 0 aliphatic rings. The number of unbranched alkanes of at least 4 members (excludes halogenated alkanes) is 1. The number of carbonyl (C=O) groups is 1. The average Bonchev–Trinajstić information content (AvgIpc) is 2.65. The number of halogens is 2. The fraction of sp³-hybridized carbons (Fsp3) is 0.389. The highest BCUT2D eigenvalue weighted by molar-refractivity contribution is 6.44. The van der Waals surface area contributed by atoms with Crippen molar-refractivity contribution >= 4 is 40.6 Å². The second-order valence-corrected chi connectivity index (χ2v) is 6.83. The Kier molecular flexibility index (Phi) is 7.68. The number of carbonyl (C=O) groups excluding carboxylic acids is 1. The van der Waals surface area contributed by atoms with Crippen LogP contribution in [0.4, 0.5) is 11.5 Å². The zero-order valence-electron chi connectivity index (χ0n) is 15.6. The van der Waals surface area contributed by atoms with Crippen LogP contribution in [0.25, 0.3) is 0 Å². The van der Waals surface area contributed by atoms with E-state index in [0.717, 1.165) is 11.3 Å². The zero-order valence-corrected chi connectivity index (χ0v) is 17.1. The van der Waals surface area contributed by atoms with Gasteiger partial charge in [-0.05, 0) is 18.6 Å². The largest absolute Gasteiger partial charge is 0.383 e. The van der Waals surface area contributed by atoms with Gasteiger partial charge in [0, 0.05) is 20.2 Å². The molecule has 0 saturated heterocycles. The third kappa shape index (κ3) is 4.57. The summed E-state index contributed by atoms with van der Waals surface area (Å²) in [6, 6.07) is 4.62. The number of anilines is 2. The quantitative estimate of drug-likeness (QED) is 0.670. The molecule has 8 nitrogen and oxygen atoms in total. The molecule has 2 aromatic rings. The van der Waals surface area contributed by atoms with Gasteiger partial charge in [-0.2, -0.15) is 0 Å². The van der Waals surface area contributed by atoms with Gasteiger partial charge in [-0.25, -0.2) is 4.79 Å². The molecule has 0 aliphatic heterocycles. The molecule has 1 aromatic heterocycles. The first-order valence-electron chi connectivity index (χ1n) is 8.70. The molecular formula is C18H22Cl2N4O4. The van der Waals surface area contributed by atoms with Crippen molar-refractivity contribution in [2.24, 2.45) is 0 Å². The molecule has 0 atom stereocenters. The molecule has 1 heterocycles. The number of nitrogens with one attached hydrogen (secondary N) is 1. The molecular weight excluding hydrogens is 407 g/mol. The number of hydrogen-bond donors (Lipinski definition) is 2. The molecule has 0 unspecified atom stereocenters. The van der Waals surface area contributed by atoms with Crippen molar-refractivity contribution in [1.82, 2.24) is 9.55 Å². The summed E-state index contributed by atoms with van der Waals surface area (Å²) >= 11 is 12.2. The first-order chi connectivity index (χ1) is 13.3. The molecule has 10 heteroatoms. The lowest BCUT2D eigenvalue weighted by molar-refractivity contribution is 0.0975. The highest BCUT2D eigenvalue weighted by Gasteiger charge is 2.26. The Labute approximate surface area is 171 Å². The van der Waals surface area contributed by atoms with Gasteiger partial charge < -0.3 is 10.5 Å². The van der Waals surface area contributed by atoms with Gasteiger partial charge >= 0.3 is 5.69 Å². The van der Waals surface area contributed by atoms with E-state index >= 15 is 0 Å². The second-order valence-electron chi connectivity index (χ2n) is 6.05. The first kappa shape index (κ1) is 22.0. The smallest absolute Gasteiger partial charge is 0.330 e. The lowest BCUT2D eigenvalue weighted by Crippen LogP contribution is -2.42. The lowest BCUT2D eigenvalue weighted by atomic mass is 10.2. The van der Waals surface area contributed by atoms with Crippen molar-refractivity contribution in [3.63, 3.8) is 0 Å². The van der Waals surface area contributed by atoms with Crippen LogP contribution in [-0.4, -0.2) is 35.7 Å². The zero-order chi connectivity index (χ0) is 20.8. The van der Waals surface area contributed by atoms with Gasteiger partial charge in [0.25, 0.3) is 11.5 Å². The Morgan fingerprint density at radius 1 is 1.32 bits per heavy atom. The number of nitrogens with two attached hydrogens (primary N) is 1. The highest BCUT2D eigenvalue weighted by Crippen LogP contribution is 2.28. The Hall–Kier alpha value is -2.29. The standard InChI is InChI=1S/C18H22Cl2N4O4/c1-3-4-8-24-15(21)14(16(25)22-18(24)27)23(9-10-28-2)17(26)11-6-5-7-12(19)13(11)20/h5-7H,3-4,8-10,21H2,1-2H3,(H,22,25,27). The number of hydrogen-bond acceptors (Lipinski definition) is 5. The topological polar surface area (TPSA) is 110 Å². The third-order valence-corrected chi connectivity index (χ3v) is 4.98. The van der Waals surface area contributed by atoms with Crippen molar-refractivity contribution in [1.29, 1.82) is 0 Å². The third-order valence-electron chi connectivity index (χ3n) is 4.17. The van der Waals surface area contributed by atoms with E-state index in [9.17, 15) is 14.4 Å². The van der Waals surface area contributed by atoms with Gasteiger partial charge in [-0.1, -0.05) is 42.6 Å². The molecule has 0 bridgehead atoms. The molecule has 0 radical (unpaired) electrons. The van der Waals surface area contributed by atoms with Gasteiger partial charge in [0.2, 0.25) is 0 Å². The summed E-state index contributed by atoms with van der Waals surface area (Å²) < 4.78 is 6.30. The van der Waals surface area contributed by atoms with E-state index in [1.807, 2.05) is 6.92 Å². The monoisotopic (exact) mass is 428 g/mol. The van der Waals surface area contributed by atoms with Gasteiger partial charge in [-0.3, -0.25) is 24.0 Å². The Morgan fingerprint density at radius 2 is 2.04 bits per heavy atom. The molecule has 1 aromatic carbocycles. The van der Waals surface area contributed by atoms with E-state index in [4.69, 9.17) is 33.7 Å². The van der Waals surface area contributed by atoms with E-state index in [1.165, 1.54) is 17.7 Å². The molecule has 3 N–H and O–H groups in total. The summed E-state index contributed by atoms with van der Waals surface area (Å²) in [4.78, 5) is 41.2. The first-order valence-corrected chi connectivity index (χ1v) is 9.46. The second kappa shape index (κ2) is 9.77. The maximum absolute atomic E-state index is 13.2. The summed E-state index contributed by atoms with van der Waals surface area (Å²) in [5.41, 5.74) is 4.72. The minimum Gasteiger partial charge on any atom is -0.383 e. The van der Waals surface area contributed by atoms with Crippen LogP contribution in [0.1, 0.15) is 30.1 Å². The van der Waals surface area contributed by atoms with Crippen LogP contribution in [0.2, 0.25) is 10.0 Å². The summed E-state index contributed by atoms with van der Waals surface area (Å²) in [6.07, 6.45) is 1.51. The minimum atomic E-state index is -0.766. The Balaban J connectivity index is 2.63. The molecule has 152 valence electrons. The van der Waals surface area contributed by atoms with Crippen LogP contribution in [0.15, 0.2) is 27.8 Å². The number of benzene rings is 1. The number of methoxy groups -OCH3 is 1. The highest BCUT2D eigenvalue weighted by atomic mass is 35.5. The van der Waals surface area contributed by atoms with Crippen molar-refractivity contribution in [2.45, 2.75) is 26.3 Å². The van der Waals surface area contributed by atoms with Crippen molar-refractivity contribution in [3.8, 4) is 0 Å². The van der Waals surface area contributed by atoms with E-state index in [-0.39, 0.29) is 40.3 Å². The number of nitrogens with zero attached hydrogens (tertiary/aromatic N) is 2. The van der Waals surface area contributed by atoms with Gasteiger partial charge in [0.1, 0.15) is 5.82 Å². The molecule has 28 heavy (non-hydrogen) atoms. The Morgan fingerprint density at radius 3 is 2.68 bits per heavy atom. The molecule has 1 amide bonds. The fourth-order valence-electron chi connectivity index (χ4n) is 2.69. The van der Waals surface area contributed by atoms with Crippen LogP contribution in [-0.2, 0) is 11.3 Å². The number of amides is 1. The van der Waals surface area contributed by atoms with E-state index < -0.39 is 17.2 Å². The number of rotatable bonds is 8. The Bertz CT molecular complexity index is 971. The summed E-state index contributed by atoms with van der Waals surface area (Å²) in [7, 11) is 1.46. The molecule has 2 rings (SSSR count). The van der Waals surface area contributed by atoms with Gasteiger partial charge in [0.15, 0.2) is 5.69 Å². The van der Waals surface area contributed by atoms with E-state index in [2.05, 4.69) is 4.98 Å². The van der Waals surface area contributed by atoms with Crippen molar-refractivity contribution < 1.29 is 9.53 Å². The summed E-state index contributed by atoms with van der Waals surface area (Å²) in [5.74, 6) is -0.674. The van der Waals surface area contributed by atoms with Gasteiger partial charge in [0.05, 0.1) is 22.2 Å². The minimum absolute atomic E-state index is 0.0252. The van der Waals surface area contributed by atoms with E-state index in [0.29, 0.717) is 13.0 Å². The van der Waals surface area contributed by atoms with Crippen LogP contribution < -0.4 is 21.9 Å². The van der Waals surface area contributed by atoms with Crippen LogP contribution in [0.5, 0.6) is 0 Å². The number of aromatic amines is 1. The predicted molar refractivity (Wildman–Crippen MR) is 111 cm³/mol. The normalized spacial score (nSPS) is 10.9. The SMILES string of the molecule is CCCCn1c(N)c(N(CCOC)C(=O)c2cccc(Cl)c2Cl)c(=O)[nH]c1=O. The van der Waals surface area contributed by atoms with Gasteiger partial charge in [-0.15, -0.1) is 0 Å². The molecule has 0 saturated carbocycles. The lowest BCUT2D eigenvalue weighted by Gasteiger charge is -2.24.